The van der Waals surface area contributed by atoms with E-state index in [1.807, 2.05) is 19.1 Å². The van der Waals surface area contributed by atoms with Crippen LogP contribution in [0.2, 0.25) is 5.02 Å². The lowest BCUT2D eigenvalue weighted by atomic mass is 9.85. The second-order valence-corrected chi connectivity index (χ2v) is 6.01. The summed E-state index contributed by atoms with van der Waals surface area (Å²) in [5.41, 5.74) is 8.35. The minimum absolute atomic E-state index is 0.166. The van der Waals surface area contributed by atoms with Crippen molar-refractivity contribution in [1.29, 1.82) is 0 Å². The molecule has 100 valence electrons. The van der Waals surface area contributed by atoms with Gasteiger partial charge in [-0.25, -0.2) is 0 Å². The molecule has 1 fully saturated rings. The molecule has 1 aromatic rings. The first kappa shape index (κ1) is 13.7. The number of anilines is 1. The van der Waals surface area contributed by atoms with Gasteiger partial charge < -0.3 is 10.6 Å². The van der Waals surface area contributed by atoms with Gasteiger partial charge in [0.05, 0.1) is 10.7 Å². The molecule has 1 aliphatic carbocycles. The van der Waals surface area contributed by atoms with Crippen LogP contribution in [0.1, 0.15) is 31.7 Å². The fourth-order valence-corrected chi connectivity index (χ4v) is 2.99. The minimum atomic E-state index is 0.166. The molecule has 0 heterocycles. The van der Waals surface area contributed by atoms with Gasteiger partial charge in [-0.2, -0.15) is 0 Å². The van der Waals surface area contributed by atoms with Gasteiger partial charge in [-0.3, -0.25) is 0 Å². The number of rotatable bonds is 5. The van der Waals surface area contributed by atoms with E-state index in [9.17, 15) is 0 Å². The van der Waals surface area contributed by atoms with Gasteiger partial charge in [0.25, 0.3) is 0 Å². The first-order chi connectivity index (χ1) is 8.58. The topological polar surface area (TPSA) is 29.3 Å². The van der Waals surface area contributed by atoms with Crippen molar-refractivity contribution in [3.8, 4) is 0 Å². The quantitative estimate of drug-likeness (QED) is 0.884. The predicted octanol–water partition coefficient (Wildman–Crippen LogP) is 3.47. The standard InChI is InChI=1S/C15H23ClN2/c1-11(17)9-13-7-4-8-14(16)15(13)18(2)10-12-5-3-6-12/h4,7-8,11-12H,3,5-6,9-10,17H2,1-2H3. The van der Waals surface area contributed by atoms with Gasteiger partial charge in [0.1, 0.15) is 0 Å². The van der Waals surface area contributed by atoms with Gasteiger partial charge in [0.15, 0.2) is 0 Å². The van der Waals surface area contributed by atoms with Crippen molar-refractivity contribution < 1.29 is 0 Å². The Labute approximate surface area is 115 Å². The first-order valence-electron chi connectivity index (χ1n) is 6.82. The number of halogens is 1. The summed E-state index contributed by atoms with van der Waals surface area (Å²) < 4.78 is 0. The van der Waals surface area contributed by atoms with E-state index >= 15 is 0 Å². The second kappa shape index (κ2) is 5.94. The molecule has 0 spiro atoms. The summed E-state index contributed by atoms with van der Waals surface area (Å²) in [6.07, 6.45) is 4.98. The second-order valence-electron chi connectivity index (χ2n) is 5.61. The third-order valence-corrected chi connectivity index (χ3v) is 4.06. The lowest BCUT2D eigenvalue weighted by Gasteiger charge is -2.33. The third kappa shape index (κ3) is 3.18. The van der Waals surface area contributed by atoms with Gasteiger partial charge in [0.2, 0.25) is 0 Å². The molecule has 1 aliphatic rings. The molecule has 2 N–H and O–H groups in total. The summed E-state index contributed by atoms with van der Waals surface area (Å²) in [6.45, 7) is 3.15. The molecule has 1 atom stereocenters. The molecule has 0 aliphatic heterocycles. The molecule has 1 saturated carbocycles. The lowest BCUT2D eigenvalue weighted by Crippen LogP contribution is -2.30. The van der Waals surface area contributed by atoms with Gasteiger partial charge in [-0.15, -0.1) is 0 Å². The largest absolute Gasteiger partial charge is 0.373 e. The molecule has 0 radical (unpaired) electrons. The molecule has 3 heteroatoms. The van der Waals surface area contributed by atoms with Gasteiger partial charge in [-0.05, 0) is 43.7 Å². The van der Waals surface area contributed by atoms with Gasteiger partial charge >= 0.3 is 0 Å². The Morgan fingerprint density at radius 1 is 1.44 bits per heavy atom. The first-order valence-corrected chi connectivity index (χ1v) is 7.20. The van der Waals surface area contributed by atoms with Crippen LogP contribution < -0.4 is 10.6 Å². The molecule has 0 aromatic heterocycles. The van der Waals surface area contributed by atoms with Gasteiger partial charge in [-0.1, -0.05) is 30.2 Å². The predicted molar refractivity (Wildman–Crippen MR) is 79.4 cm³/mol. The molecule has 0 amide bonds. The fraction of sp³-hybridized carbons (Fsp3) is 0.600. The summed E-state index contributed by atoms with van der Waals surface area (Å²) in [5.74, 6) is 0.842. The molecule has 0 bridgehead atoms. The van der Waals surface area contributed by atoms with E-state index in [1.54, 1.807) is 0 Å². The van der Waals surface area contributed by atoms with E-state index in [4.69, 9.17) is 17.3 Å². The average Bonchev–Trinajstić information content (AvgIpc) is 2.22. The molecule has 0 saturated heterocycles. The normalized spacial score (nSPS) is 17.3. The Hall–Kier alpha value is -0.730. The maximum atomic E-state index is 6.37. The molecular weight excluding hydrogens is 244 g/mol. The highest BCUT2D eigenvalue weighted by atomic mass is 35.5. The SMILES string of the molecule is CC(N)Cc1cccc(Cl)c1N(C)CC1CCC1. The zero-order chi connectivity index (χ0) is 13.1. The van der Waals surface area contributed by atoms with Crippen molar-refractivity contribution in [2.75, 3.05) is 18.5 Å². The molecule has 2 nitrogen and oxygen atoms in total. The smallest absolute Gasteiger partial charge is 0.0642 e. The van der Waals surface area contributed by atoms with E-state index in [2.05, 4.69) is 18.0 Å². The van der Waals surface area contributed by atoms with Crippen LogP contribution in [0.15, 0.2) is 18.2 Å². The Bertz CT molecular complexity index is 399. The highest BCUT2D eigenvalue weighted by Gasteiger charge is 2.21. The minimum Gasteiger partial charge on any atom is -0.373 e. The summed E-state index contributed by atoms with van der Waals surface area (Å²) in [6, 6.07) is 6.29. The Balaban J connectivity index is 2.17. The number of hydrogen-bond donors (Lipinski definition) is 1. The highest BCUT2D eigenvalue weighted by molar-refractivity contribution is 6.33. The van der Waals surface area contributed by atoms with Crippen LogP contribution in [0.5, 0.6) is 0 Å². The van der Waals surface area contributed by atoms with Crippen LogP contribution in [0.3, 0.4) is 0 Å². The Morgan fingerprint density at radius 3 is 2.72 bits per heavy atom. The summed E-state index contributed by atoms with van der Waals surface area (Å²) in [7, 11) is 2.14. The average molecular weight is 267 g/mol. The number of benzene rings is 1. The molecular formula is C15H23ClN2. The van der Waals surface area contributed by atoms with Crippen molar-refractivity contribution in [3.63, 3.8) is 0 Å². The van der Waals surface area contributed by atoms with Crippen LogP contribution in [0.25, 0.3) is 0 Å². The summed E-state index contributed by atoms with van der Waals surface area (Å²) >= 11 is 6.37. The van der Waals surface area contributed by atoms with Crippen LogP contribution in [-0.4, -0.2) is 19.6 Å². The van der Waals surface area contributed by atoms with Crippen LogP contribution in [0.4, 0.5) is 5.69 Å². The lowest BCUT2D eigenvalue weighted by molar-refractivity contribution is 0.321. The Morgan fingerprint density at radius 2 is 2.17 bits per heavy atom. The van der Waals surface area contributed by atoms with E-state index in [0.29, 0.717) is 0 Å². The Kier molecular flexibility index (Phi) is 4.52. The maximum Gasteiger partial charge on any atom is 0.0642 e. The zero-order valence-corrected chi connectivity index (χ0v) is 12.1. The van der Waals surface area contributed by atoms with Crippen LogP contribution in [0, 0.1) is 5.92 Å². The van der Waals surface area contributed by atoms with Crippen molar-refractivity contribution in [1.82, 2.24) is 0 Å². The van der Waals surface area contributed by atoms with Crippen molar-refractivity contribution in [2.24, 2.45) is 11.7 Å². The zero-order valence-electron chi connectivity index (χ0n) is 11.3. The molecule has 1 unspecified atom stereocenters. The third-order valence-electron chi connectivity index (χ3n) is 3.75. The van der Waals surface area contributed by atoms with Crippen molar-refractivity contribution in [2.45, 2.75) is 38.6 Å². The highest BCUT2D eigenvalue weighted by Crippen LogP contribution is 2.33. The monoisotopic (exact) mass is 266 g/mol. The van der Waals surface area contributed by atoms with E-state index in [-0.39, 0.29) is 6.04 Å². The van der Waals surface area contributed by atoms with Gasteiger partial charge in [0, 0.05) is 19.6 Å². The van der Waals surface area contributed by atoms with E-state index < -0.39 is 0 Å². The summed E-state index contributed by atoms with van der Waals surface area (Å²) in [5, 5.41) is 0.843. The number of nitrogens with zero attached hydrogens (tertiary/aromatic N) is 1. The fourth-order valence-electron chi connectivity index (χ4n) is 2.65. The van der Waals surface area contributed by atoms with Crippen molar-refractivity contribution >= 4 is 17.3 Å². The molecule has 18 heavy (non-hydrogen) atoms. The molecule has 1 aromatic carbocycles. The maximum absolute atomic E-state index is 6.37. The molecule has 2 rings (SSSR count). The number of para-hydroxylation sites is 1. The van der Waals surface area contributed by atoms with E-state index in [1.165, 1.54) is 30.5 Å². The number of nitrogens with two attached hydrogens (primary N) is 1. The van der Waals surface area contributed by atoms with Crippen LogP contribution in [-0.2, 0) is 6.42 Å². The van der Waals surface area contributed by atoms with E-state index in [0.717, 1.165) is 23.9 Å². The number of hydrogen-bond acceptors (Lipinski definition) is 2. The van der Waals surface area contributed by atoms with Crippen molar-refractivity contribution in [3.05, 3.63) is 28.8 Å². The van der Waals surface area contributed by atoms with Crippen LogP contribution >= 0.6 is 11.6 Å². The summed E-state index contributed by atoms with van der Waals surface area (Å²) in [4.78, 5) is 2.31.